The van der Waals surface area contributed by atoms with Crippen LogP contribution in [0.25, 0.3) is 0 Å². The summed E-state index contributed by atoms with van der Waals surface area (Å²) >= 11 is 2.15. The SMILES string of the molecule is O=C(O)c1ccc(NC(=O)c2ccc(I)cc2)nc1. The van der Waals surface area contributed by atoms with Gasteiger partial charge in [-0.2, -0.15) is 0 Å². The maximum absolute atomic E-state index is 11.9. The molecule has 5 nitrogen and oxygen atoms in total. The number of aromatic carboxylic acids is 1. The lowest BCUT2D eigenvalue weighted by atomic mass is 10.2. The van der Waals surface area contributed by atoms with Crippen molar-refractivity contribution in [1.82, 2.24) is 4.98 Å². The van der Waals surface area contributed by atoms with E-state index in [-0.39, 0.29) is 11.5 Å². The van der Waals surface area contributed by atoms with Crippen molar-refractivity contribution in [3.63, 3.8) is 0 Å². The molecular formula is C13H9IN2O3. The van der Waals surface area contributed by atoms with Crippen LogP contribution in [0.2, 0.25) is 0 Å². The minimum Gasteiger partial charge on any atom is -0.478 e. The third-order valence-electron chi connectivity index (χ3n) is 2.36. The zero-order valence-corrected chi connectivity index (χ0v) is 11.8. The van der Waals surface area contributed by atoms with E-state index in [2.05, 4.69) is 32.9 Å². The average molecular weight is 368 g/mol. The number of hydrogen-bond donors (Lipinski definition) is 2. The number of carbonyl (C=O) groups excluding carboxylic acids is 1. The van der Waals surface area contributed by atoms with Gasteiger partial charge in [0.2, 0.25) is 0 Å². The highest BCUT2D eigenvalue weighted by Crippen LogP contribution is 2.10. The highest BCUT2D eigenvalue weighted by molar-refractivity contribution is 14.1. The molecular weight excluding hydrogens is 359 g/mol. The molecule has 0 spiro atoms. The van der Waals surface area contributed by atoms with Gasteiger partial charge in [-0.1, -0.05) is 0 Å². The zero-order chi connectivity index (χ0) is 13.8. The largest absolute Gasteiger partial charge is 0.478 e. The Balaban J connectivity index is 2.10. The Morgan fingerprint density at radius 1 is 1.05 bits per heavy atom. The van der Waals surface area contributed by atoms with Crippen molar-refractivity contribution in [3.8, 4) is 0 Å². The summed E-state index contributed by atoms with van der Waals surface area (Å²) in [6.45, 7) is 0. The van der Waals surface area contributed by atoms with E-state index in [1.54, 1.807) is 12.1 Å². The Hall–Kier alpha value is -1.96. The molecule has 96 valence electrons. The Kier molecular flexibility index (Phi) is 4.10. The summed E-state index contributed by atoms with van der Waals surface area (Å²) in [6, 6.07) is 9.92. The van der Waals surface area contributed by atoms with Gasteiger partial charge >= 0.3 is 5.97 Å². The molecule has 0 aliphatic heterocycles. The molecule has 1 aromatic heterocycles. The molecule has 2 aromatic rings. The van der Waals surface area contributed by atoms with Crippen molar-refractivity contribution in [1.29, 1.82) is 0 Å². The van der Waals surface area contributed by atoms with E-state index in [1.807, 2.05) is 12.1 Å². The van der Waals surface area contributed by atoms with Gasteiger partial charge in [0.15, 0.2) is 0 Å². The number of carbonyl (C=O) groups is 2. The van der Waals surface area contributed by atoms with Crippen LogP contribution in [-0.2, 0) is 0 Å². The molecule has 0 aliphatic rings. The van der Waals surface area contributed by atoms with Crippen molar-refractivity contribution in [2.75, 3.05) is 5.32 Å². The first-order valence-corrected chi connectivity index (χ1v) is 6.40. The van der Waals surface area contributed by atoms with Gasteiger partial charge in [0, 0.05) is 15.3 Å². The quantitative estimate of drug-likeness (QED) is 0.817. The van der Waals surface area contributed by atoms with Crippen LogP contribution in [0.1, 0.15) is 20.7 Å². The van der Waals surface area contributed by atoms with Gasteiger partial charge in [0.05, 0.1) is 5.56 Å². The molecule has 2 rings (SSSR count). The summed E-state index contributed by atoms with van der Waals surface area (Å²) in [7, 11) is 0. The molecule has 0 bridgehead atoms. The number of hydrogen-bond acceptors (Lipinski definition) is 3. The second kappa shape index (κ2) is 5.79. The normalized spacial score (nSPS) is 9.95. The van der Waals surface area contributed by atoms with Crippen LogP contribution in [0, 0.1) is 3.57 Å². The minimum atomic E-state index is -1.05. The van der Waals surface area contributed by atoms with Gasteiger partial charge in [0.25, 0.3) is 5.91 Å². The van der Waals surface area contributed by atoms with E-state index in [0.29, 0.717) is 11.4 Å². The van der Waals surface area contributed by atoms with Crippen LogP contribution in [0.3, 0.4) is 0 Å². The van der Waals surface area contributed by atoms with Gasteiger partial charge in [0.1, 0.15) is 5.82 Å². The lowest BCUT2D eigenvalue weighted by molar-refractivity contribution is 0.0696. The number of nitrogens with zero attached hydrogens (tertiary/aromatic N) is 1. The monoisotopic (exact) mass is 368 g/mol. The third-order valence-corrected chi connectivity index (χ3v) is 3.08. The summed E-state index contributed by atoms with van der Waals surface area (Å²) < 4.78 is 1.04. The molecule has 0 aliphatic carbocycles. The van der Waals surface area contributed by atoms with Gasteiger partial charge in [-0.25, -0.2) is 9.78 Å². The van der Waals surface area contributed by atoms with Crippen molar-refractivity contribution in [2.45, 2.75) is 0 Å². The van der Waals surface area contributed by atoms with Crippen molar-refractivity contribution < 1.29 is 14.7 Å². The van der Waals surface area contributed by atoms with Crippen LogP contribution in [-0.4, -0.2) is 22.0 Å². The van der Waals surface area contributed by atoms with Crippen molar-refractivity contribution >= 4 is 40.3 Å². The number of nitrogens with one attached hydrogen (secondary N) is 1. The standard InChI is InChI=1S/C13H9IN2O3/c14-10-4-1-8(2-5-10)12(17)16-11-6-3-9(7-15-11)13(18)19/h1-7H,(H,18,19)(H,15,16,17). The van der Waals surface area contributed by atoms with Crippen LogP contribution >= 0.6 is 22.6 Å². The van der Waals surface area contributed by atoms with E-state index < -0.39 is 5.97 Å². The molecule has 2 N–H and O–H groups in total. The molecule has 19 heavy (non-hydrogen) atoms. The first kappa shape index (κ1) is 13.5. The molecule has 1 amide bonds. The van der Waals surface area contributed by atoms with E-state index in [4.69, 9.17) is 5.11 Å². The minimum absolute atomic E-state index is 0.0762. The molecule has 6 heteroatoms. The fourth-order valence-corrected chi connectivity index (χ4v) is 1.74. The number of rotatable bonds is 3. The summed E-state index contributed by atoms with van der Waals surface area (Å²) in [5.41, 5.74) is 0.594. The molecule has 1 heterocycles. The molecule has 0 fully saturated rings. The van der Waals surface area contributed by atoms with E-state index >= 15 is 0 Å². The fraction of sp³-hybridized carbons (Fsp3) is 0. The Morgan fingerprint density at radius 3 is 2.21 bits per heavy atom. The fourth-order valence-electron chi connectivity index (χ4n) is 1.38. The number of carboxylic acid groups (broad SMARTS) is 1. The number of aromatic nitrogens is 1. The molecule has 1 aromatic carbocycles. The molecule has 0 unspecified atom stereocenters. The smallest absolute Gasteiger partial charge is 0.337 e. The molecule has 0 saturated heterocycles. The maximum atomic E-state index is 11.9. The summed E-state index contributed by atoms with van der Waals surface area (Å²) in [6.07, 6.45) is 1.20. The maximum Gasteiger partial charge on any atom is 0.337 e. The van der Waals surface area contributed by atoms with Crippen LogP contribution in [0.4, 0.5) is 5.82 Å². The number of carboxylic acids is 1. The third kappa shape index (κ3) is 3.50. The Labute approximate surface area is 122 Å². The first-order chi connectivity index (χ1) is 9.06. The average Bonchev–Trinajstić information content (AvgIpc) is 2.40. The number of halogens is 1. The summed E-state index contributed by atoms with van der Waals surface area (Å²) in [5, 5.41) is 11.3. The topological polar surface area (TPSA) is 79.3 Å². The second-order valence-corrected chi connectivity index (χ2v) is 4.94. The van der Waals surface area contributed by atoms with Crippen molar-refractivity contribution in [3.05, 3.63) is 57.3 Å². The Bertz CT molecular complexity index is 609. The zero-order valence-electron chi connectivity index (χ0n) is 9.63. The molecule has 0 radical (unpaired) electrons. The van der Waals surface area contributed by atoms with Gasteiger partial charge < -0.3 is 10.4 Å². The lowest BCUT2D eigenvalue weighted by Crippen LogP contribution is -2.13. The van der Waals surface area contributed by atoms with E-state index in [9.17, 15) is 9.59 Å². The van der Waals surface area contributed by atoms with Crippen LogP contribution in [0.15, 0.2) is 42.6 Å². The number of anilines is 1. The summed E-state index contributed by atoms with van der Waals surface area (Å²) in [4.78, 5) is 26.4. The number of benzene rings is 1. The van der Waals surface area contributed by atoms with Crippen LogP contribution < -0.4 is 5.32 Å². The highest BCUT2D eigenvalue weighted by Gasteiger charge is 2.08. The highest BCUT2D eigenvalue weighted by atomic mass is 127. The van der Waals surface area contributed by atoms with Gasteiger partial charge in [-0.05, 0) is 59.0 Å². The number of amides is 1. The summed E-state index contributed by atoms with van der Waals surface area (Å²) in [5.74, 6) is -1.02. The van der Waals surface area contributed by atoms with Crippen LogP contribution in [0.5, 0.6) is 0 Å². The predicted molar refractivity (Wildman–Crippen MR) is 78.3 cm³/mol. The van der Waals surface area contributed by atoms with E-state index in [0.717, 1.165) is 3.57 Å². The first-order valence-electron chi connectivity index (χ1n) is 5.32. The van der Waals surface area contributed by atoms with Crippen molar-refractivity contribution in [2.24, 2.45) is 0 Å². The second-order valence-electron chi connectivity index (χ2n) is 3.70. The van der Waals surface area contributed by atoms with Gasteiger partial charge in [-0.3, -0.25) is 4.79 Å². The van der Waals surface area contributed by atoms with E-state index in [1.165, 1.54) is 18.3 Å². The molecule has 0 saturated carbocycles. The Morgan fingerprint density at radius 2 is 1.68 bits per heavy atom. The predicted octanol–water partition coefficient (Wildman–Crippen LogP) is 2.64. The van der Waals surface area contributed by atoms with Gasteiger partial charge in [-0.15, -0.1) is 0 Å². The molecule has 0 atom stereocenters. The number of pyridine rings is 1. The lowest BCUT2D eigenvalue weighted by Gasteiger charge is -2.04.